The number of aromatic nitrogens is 1. The van der Waals surface area contributed by atoms with Crippen LogP contribution in [0.5, 0.6) is 0 Å². The molecule has 1 heterocycles. The third-order valence-electron chi connectivity index (χ3n) is 7.76. The number of rotatable bonds is 4. The van der Waals surface area contributed by atoms with Gasteiger partial charge in [0, 0.05) is 22.4 Å². The number of thiazole rings is 1. The summed E-state index contributed by atoms with van der Waals surface area (Å²) in [7, 11) is 0. The molecule has 2 heteroatoms. The molecular formula is C31H35NS. The van der Waals surface area contributed by atoms with E-state index in [4.69, 9.17) is 0 Å². The van der Waals surface area contributed by atoms with Crippen molar-refractivity contribution in [1.29, 1.82) is 0 Å². The molecule has 0 N–H and O–H groups in total. The minimum atomic E-state index is -0.0237. The second kappa shape index (κ2) is 10.5. The highest BCUT2D eigenvalue weighted by molar-refractivity contribution is 7.07. The molecule has 1 nitrogen and oxygen atoms in total. The molecule has 0 aliphatic heterocycles. The number of nitrogens with zero attached hydrogens (tertiary/aromatic N) is 1. The van der Waals surface area contributed by atoms with Gasteiger partial charge < -0.3 is 0 Å². The lowest BCUT2D eigenvalue weighted by atomic mass is 9.47. The monoisotopic (exact) mass is 453 g/mol. The quantitative estimate of drug-likeness (QED) is 0.302. The average Bonchev–Trinajstić information content (AvgIpc) is 3.46. The Kier molecular flexibility index (Phi) is 7.45. The molecule has 1 saturated carbocycles. The van der Waals surface area contributed by atoms with Gasteiger partial charge in [0.25, 0.3) is 0 Å². The van der Waals surface area contributed by atoms with E-state index in [9.17, 15) is 0 Å². The molecule has 1 aromatic heterocycles. The zero-order chi connectivity index (χ0) is 23.2. The van der Waals surface area contributed by atoms with E-state index in [1.165, 1.54) is 36.0 Å². The first-order chi connectivity index (χ1) is 16.1. The van der Waals surface area contributed by atoms with Crippen LogP contribution in [-0.4, -0.2) is 4.98 Å². The van der Waals surface area contributed by atoms with Gasteiger partial charge in [0.15, 0.2) is 0 Å². The minimum Gasteiger partial charge on any atom is -0.253 e. The molecule has 4 aromatic rings. The molecule has 0 bridgehead atoms. The van der Waals surface area contributed by atoms with Crippen molar-refractivity contribution in [2.45, 2.75) is 50.9 Å². The second-order valence-electron chi connectivity index (χ2n) is 9.76. The van der Waals surface area contributed by atoms with E-state index in [2.05, 4.69) is 117 Å². The zero-order valence-electron chi connectivity index (χ0n) is 20.0. The molecule has 1 fully saturated rings. The summed E-state index contributed by atoms with van der Waals surface area (Å²) in [6.45, 7) is 7.31. The Balaban J connectivity index is 0.000000459. The van der Waals surface area contributed by atoms with E-state index in [0.717, 1.165) is 5.92 Å². The highest BCUT2D eigenvalue weighted by atomic mass is 32.1. The summed E-state index contributed by atoms with van der Waals surface area (Å²) in [6, 6.07) is 33.8. The van der Waals surface area contributed by atoms with Gasteiger partial charge in [-0.3, -0.25) is 4.98 Å². The van der Waals surface area contributed by atoms with E-state index in [0.29, 0.717) is 5.92 Å². The van der Waals surface area contributed by atoms with Crippen LogP contribution in [0.4, 0.5) is 0 Å². The summed E-state index contributed by atoms with van der Waals surface area (Å²) in [5.74, 6) is 1.43. The van der Waals surface area contributed by atoms with Crippen LogP contribution in [-0.2, 0) is 10.8 Å². The van der Waals surface area contributed by atoms with Crippen LogP contribution >= 0.6 is 11.3 Å². The first-order valence-corrected chi connectivity index (χ1v) is 13.0. The van der Waals surface area contributed by atoms with Gasteiger partial charge in [-0.2, -0.15) is 0 Å². The van der Waals surface area contributed by atoms with Gasteiger partial charge in [-0.1, -0.05) is 112 Å². The standard InChI is InChI=1S/C28H32.C3H3NS/c1-22(2)23-19-20-27(3,24-13-7-4-8-14-24)28(21-23,25-15-9-5-10-16-25)26-17-11-6-12-18-26;1-2-5-3-4-1/h4-18,22-23H,19-21H2,1-3H3;1-3H. The maximum atomic E-state index is 3.74. The first-order valence-electron chi connectivity index (χ1n) is 12.1. The smallest absolute Gasteiger partial charge is 0.0791 e. The highest BCUT2D eigenvalue weighted by Gasteiger charge is 2.54. The lowest BCUT2D eigenvalue weighted by molar-refractivity contribution is 0.117. The van der Waals surface area contributed by atoms with Crippen molar-refractivity contribution < 1.29 is 0 Å². The number of hydrogen-bond donors (Lipinski definition) is 0. The maximum Gasteiger partial charge on any atom is 0.0791 e. The molecule has 2 atom stereocenters. The van der Waals surface area contributed by atoms with Gasteiger partial charge in [-0.25, -0.2) is 0 Å². The van der Waals surface area contributed by atoms with Gasteiger partial charge in [-0.05, 0) is 47.8 Å². The Morgan fingerprint density at radius 1 is 0.788 bits per heavy atom. The summed E-state index contributed by atoms with van der Waals surface area (Å²) >= 11 is 1.60. The summed E-state index contributed by atoms with van der Waals surface area (Å²) in [5.41, 5.74) is 6.20. The van der Waals surface area contributed by atoms with E-state index in [1.54, 1.807) is 23.0 Å². The normalized spacial score (nSPS) is 21.8. The van der Waals surface area contributed by atoms with E-state index < -0.39 is 0 Å². The van der Waals surface area contributed by atoms with Crippen molar-refractivity contribution in [3.8, 4) is 0 Å². The SMILES string of the molecule is CC(C)C1CCC(C)(c2ccccc2)C(c2ccccc2)(c2ccccc2)C1.c1cscn1. The molecule has 5 rings (SSSR count). The van der Waals surface area contributed by atoms with Gasteiger partial charge in [-0.15, -0.1) is 11.3 Å². The predicted octanol–water partition coefficient (Wildman–Crippen LogP) is 8.53. The highest BCUT2D eigenvalue weighted by Crippen LogP contribution is 2.59. The van der Waals surface area contributed by atoms with Crippen molar-refractivity contribution in [1.82, 2.24) is 4.98 Å². The Bertz CT molecular complexity index is 1020. The summed E-state index contributed by atoms with van der Waals surface area (Å²) in [5, 5.41) is 1.93. The van der Waals surface area contributed by atoms with Crippen molar-refractivity contribution in [3.63, 3.8) is 0 Å². The van der Waals surface area contributed by atoms with E-state index in [-0.39, 0.29) is 10.8 Å². The largest absolute Gasteiger partial charge is 0.253 e. The minimum absolute atomic E-state index is 0.0237. The molecule has 0 spiro atoms. The van der Waals surface area contributed by atoms with Crippen LogP contribution in [0, 0.1) is 11.8 Å². The fourth-order valence-corrected chi connectivity index (χ4v) is 6.19. The molecule has 2 unspecified atom stereocenters. The van der Waals surface area contributed by atoms with Gasteiger partial charge >= 0.3 is 0 Å². The Morgan fingerprint density at radius 2 is 1.30 bits per heavy atom. The van der Waals surface area contributed by atoms with E-state index >= 15 is 0 Å². The van der Waals surface area contributed by atoms with Gasteiger partial charge in [0.1, 0.15) is 0 Å². The molecule has 1 aliphatic carbocycles. The molecular weight excluding hydrogens is 418 g/mol. The molecule has 1 aliphatic rings. The molecule has 33 heavy (non-hydrogen) atoms. The van der Waals surface area contributed by atoms with Crippen LogP contribution < -0.4 is 0 Å². The summed E-state index contributed by atoms with van der Waals surface area (Å²) in [6.07, 6.45) is 5.48. The predicted molar refractivity (Wildman–Crippen MR) is 142 cm³/mol. The first kappa shape index (κ1) is 23.4. The third kappa shape index (κ3) is 4.68. The van der Waals surface area contributed by atoms with Gasteiger partial charge in [0.2, 0.25) is 0 Å². The molecule has 3 aromatic carbocycles. The molecule has 0 radical (unpaired) electrons. The second-order valence-corrected chi connectivity index (χ2v) is 10.5. The Hall–Kier alpha value is -2.71. The van der Waals surface area contributed by atoms with Crippen LogP contribution in [0.15, 0.2) is 108 Å². The van der Waals surface area contributed by atoms with Crippen molar-refractivity contribution in [2.24, 2.45) is 11.8 Å². The fourth-order valence-electron chi connectivity index (χ4n) is 5.83. The van der Waals surface area contributed by atoms with Crippen LogP contribution in [0.3, 0.4) is 0 Å². The zero-order valence-corrected chi connectivity index (χ0v) is 20.8. The molecule has 170 valence electrons. The van der Waals surface area contributed by atoms with Gasteiger partial charge in [0.05, 0.1) is 5.51 Å². The van der Waals surface area contributed by atoms with Crippen molar-refractivity contribution >= 4 is 11.3 Å². The number of hydrogen-bond acceptors (Lipinski definition) is 2. The van der Waals surface area contributed by atoms with Crippen LogP contribution in [0.2, 0.25) is 0 Å². The fraction of sp³-hybridized carbons (Fsp3) is 0.323. The third-order valence-corrected chi connectivity index (χ3v) is 8.28. The maximum absolute atomic E-state index is 3.74. The lowest BCUT2D eigenvalue weighted by Crippen LogP contribution is -2.53. The lowest BCUT2D eigenvalue weighted by Gasteiger charge is -2.56. The van der Waals surface area contributed by atoms with Crippen LogP contribution in [0.25, 0.3) is 0 Å². The molecule has 0 amide bonds. The average molecular weight is 454 g/mol. The Morgan fingerprint density at radius 3 is 1.70 bits per heavy atom. The summed E-state index contributed by atoms with van der Waals surface area (Å²) in [4.78, 5) is 3.74. The Labute approximate surface area is 203 Å². The van der Waals surface area contributed by atoms with Crippen LogP contribution in [0.1, 0.15) is 56.7 Å². The topological polar surface area (TPSA) is 12.9 Å². The number of benzene rings is 3. The summed E-state index contributed by atoms with van der Waals surface area (Å²) < 4.78 is 0. The molecule has 0 saturated heterocycles. The van der Waals surface area contributed by atoms with E-state index in [1.807, 2.05) is 5.38 Å². The van der Waals surface area contributed by atoms with Crippen molar-refractivity contribution in [2.75, 3.05) is 0 Å². The van der Waals surface area contributed by atoms with Crippen molar-refractivity contribution in [3.05, 3.63) is 125 Å².